The van der Waals surface area contributed by atoms with Gasteiger partial charge < -0.3 is 14.2 Å². The standard InChI is InChI=1S/C27H30N2O3S/c1-33(30,31)26-14-8-9-22(15-26)16-28-17-23(18-32-25-12-6-3-7-13-25)27(19-28)20-29(21-27)24-10-4-2-5-11-24/h2-15,23H,16-21H2,1H3. The molecule has 5 rings (SSSR count). The highest BCUT2D eigenvalue weighted by molar-refractivity contribution is 7.97. The van der Waals surface area contributed by atoms with Gasteiger partial charge in [0.05, 0.1) is 16.8 Å². The molecule has 0 N–H and O–H groups in total. The lowest BCUT2D eigenvalue weighted by Gasteiger charge is -2.52. The second kappa shape index (κ2) is 8.93. The number of ether oxygens (including phenoxy) is 1. The van der Waals surface area contributed by atoms with Crippen molar-refractivity contribution in [2.24, 2.45) is 11.3 Å². The molecule has 33 heavy (non-hydrogen) atoms. The second-order valence-electron chi connectivity index (χ2n) is 9.46. The summed E-state index contributed by atoms with van der Waals surface area (Å²) in [5.74, 6) is 1.32. The number of rotatable bonds is 7. The van der Waals surface area contributed by atoms with Crippen LogP contribution in [-0.4, -0.2) is 48.5 Å². The fourth-order valence-corrected chi connectivity index (χ4v) is 5.93. The first kappa shape index (κ1) is 22.1. The second-order valence-corrected chi connectivity index (χ2v) is 11.5. The molecule has 2 heterocycles. The lowest BCUT2D eigenvalue weighted by atomic mass is 9.71. The molecule has 3 aromatic rings. The monoisotopic (exact) mass is 462 g/mol. The Bertz CT molecular complexity index is 1130. The van der Waals surface area contributed by atoms with E-state index in [1.807, 2.05) is 48.5 Å². The van der Waals surface area contributed by atoms with E-state index in [1.165, 1.54) is 11.9 Å². The van der Waals surface area contributed by atoms with Crippen LogP contribution in [0, 0.1) is 11.3 Å². The minimum atomic E-state index is -3.21. The van der Waals surface area contributed by atoms with E-state index in [1.54, 1.807) is 6.07 Å². The van der Waals surface area contributed by atoms with Crippen molar-refractivity contribution < 1.29 is 13.5 Å². The Kier molecular flexibility index (Phi) is 5.99. The number of benzene rings is 3. The number of para-hydroxylation sites is 2. The van der Waals surface area contributed by atoms with Crippen molar-refractivity contribution in [3.05, 3.63) is 90.5 Å². The average molecular weight is 463 g/mol. The van der Waals surface area contributed by atoms with E-state index >= 15 is 0 Å². The van der Waals surface area contributed by atoms with Crippen LogP contribution >= 0.6 is 0 Å². The highest BCUT2D eigenvalue weighted by atomic mass is 32.3. The summed E-state index contributed by atoms with van der Waals surface area (Å²) in [7, 11) is -3.21. The molecule has 2 aliphatic rings. The number of nitrogens with zero attached hydrogens (tertiary/aromatic N) is 2. The van der Waals surface area contributed by atoms with Gasteiger partial charge in [-0.05, 0) is 42.0 Å². The van der Waals surface area contributed by atoms with E-state index in [4.69, 9.17) is 4.74 Å². The first-order valence-electron chi connectivity index (χ1n) is 11.4. The number of anilines is 1. The van der Waals surface area contributed by atoms with Crippen LogP contribution in [0.1, 0.15) is 5.56 Å². The van der Waals surface area contributed by atoms with Gasteiger partial charge >= 0.3 is 0 Å². The van der Waals surface area contributed by atoms with E-state index < -0.39 is 10.2 Å². The van der Waals surface area contributed by atoms with E-state index in [2.05, 4.69) is 40.1 Å². The van der Waals surface area contributed by atoms with Gasteiger partial charge in [0.2, 0.25) is 0 Å². The highest BCUT2D eigenvalue weighted by Crippen LogP contribution is 2.46. The quantitative estimate of drug-likeness (QED) is 0.490. The van der Waals surface area contributed by atoms with Crippen molar-refractivity contribution in [2.45, 2.75) is 11.4 Å². The first-order chi connectivity index (χ1) is 15.9. The summed E-state index contributed by atoms with van der Waals surface area (Å²) in [5, 5.41) is 0. The molecule has 2 saturated heterocycles. The molecule has 0 aromatic heterocycles. The summed E-state index contributed by atoms with van der Waals surface area (Å²) >= 11 is 0. The third kappa shape index (κ3) is 4.83. The van der Waals surface area contributed by atoms with Gasteiger partial charge in [-0.2, -0.15) is 0 Å². The van der Waals surface area contributed by atoms with Crippen LogP contribution in [0.3, 0.4) is 0 Å². The Morgan fingerprint density at radius 3 is 2.36 bits per heavy atom. The van der Waals surface area contributed by atoms with E-state index in [-0.39, 0.29) is 5.41 Å². The van der Waals surface area contributed by atoms with Crippen LogP contribution in [0.4, 0.5) is 5.69 Å². The molecule has 0 bridgehead atoms. The van der Waals surface area contributed by atoms with E-state index in [0.717, 1.165) is 44.0 Å². The number of likely N-dealkylation sites (tertiary alicyclic amines) is 1. The topological polar surface area (TPSA) is 55.8 Å². The molecule has 0 aliphatic carbocycles. The maximum absolute atomic E-state index is 12.0. The largest absolute Gasteiger partial charge is 0.610 e. The molecule has 5 nitrogen and oxygen atoms in total. The predicted molar refractivity (Wildman–Crippen MR) is 131 cm³/mol. The first-order valence-corrected chi connectivity index (χ1v) is 13.3. The molecule has 2 fully saturated rings. The minimum Gasteiger partial charge on any atom is -0.610 e. The van der Waals surface area contributed by atoms with Gasteiger partial charge in [0.15, 0.2) is 4.90 Å². The van der Waals surface area contributed by atoms with Crippen molar-refractivity contribution in [1.29, 1.82) is 0 Å². The zero-order valence-electron chi connectivity index (χ0n) is 18.9. The molecule has 0 amide bonds. The lowest BCUT2D eigenvalue weighted by molar-refractivity contribution is 0.111. The van der Waals surface area contributed by atoms with Gasteiger partial charge in [-0.15, -0.1) is 4.21 Å². The molecule has 0 radical (unpaired) electrons. The summed E-state index contributed by atoms with van der Waals surface area (Å²) in [6.07, 6.45) is 1.26. The van der Waals surface area contributed by atoms with Crippen LogP contribution in [0.15, 0.2) is 89.8 Å². The van der Waals surface area contributed by atoms with E-state index in [9.17, 15) is 8.76 Å². The van der Waals surface area contributed by atoms with Crippen LogP contribution in [0.2, 0.25) is 0 Å². The molecule has 3 aromatic carbocycles. The smallest absolute Gasteiger partial charge is 0.155 e. The van der Waals surface area contributed by atoms with Crippen molar-refractivity contribution in [1.82, 2.24) is 4.90 Å². The summed E-state index contributed by atoms with van der Waals surface area (Å²) in [4.78, 5) is 5.29. The lowest BCUT2D eigenvalue weighted by Crippen LogP contribution is -2.61. The normalized spacial score (nSPS) is 21.5. The van der Waals surface area contributed by atoms with Crippen molar-refractivity contribution in [3.63, 3.8) is 0 Å². The average Bonchev–Trinajstić information content (AvgIpc) is 3.16. The SMILES string of the molecule is C[S+](=O)([O-])c1cccc(CN2CC(COc3ccccc3)C3(C2)CN(c2ccccc2)C3)c1. The Labute approximate surface area is 197 Å². The fraction of sp³-hybridized carbons (Fsp3) is 0.333. The Morgan fingerprint density at radius 1 is 0.970 bits per heavy atom. The summed E-state index contributed by atoms with van der Waals surface area (Å²) in [6.45, 7) is 5.39. The molecule has 172 valence electrons. The number of hydrogen-bond donors (Lipinski definition) is 0. The highest BCUT2D eigenvalue weighted by Gasteiger charge is 2.54. The number of hydrogen-bond acceptors (Lipinski definition) is 5. The summed E-state index contributed by atoms with van der Waals surface area (Å²) in [5.41, 5.74) is 2.49. The molecule has 2 aliphatic heterocycles. The van der Waals surface area contributed by atoms with Gasteiger partial charge in [-0.25, -0.2) is 0 Å². The zero-order valence-corrected chi connectivity index (χ0v) is 19.7. The maximum Gasteiger partial charge on any atom is 0.155 e. The van der Waals surface area contributed by atoms with E-state index in [0.29, 0.717) is 17.4 Å². The fourth-order valence-electron chi connectivity index (χ4n) is 5.23. The molecule has 2 unspecified atom stereocenters. The van der Waals surface area contributed by atoms with Crippen molar-refractivity contribution in [2.75, 3.05) is 43.9 Å². The van der Waals surface area contributed by atoms with Crippen LogP contribution in [-0.2, 0) is 21.0 Å². The zero-order chi connectivity index (χ0) is 22.9. The summed E-state index contributed by atoms with van der Waals surface area (Å²) < 4.78 is 30.2. The Morgan fingerprint density at radius 2 is 1.67 bits per heavy atom. The molecular weight excluding hydrogens is 432 g/mol. The van der Waals surface area contributed by atoms with Gasteiger partial charge in [0.25, 0.3) is 0 Å². The van der Waals surface area contributed by atoms with Gasteiger partial charge in [-0.3, -0.25) is 4.90 Å². The van der Waals surface area contributed by atoms with Gasteiger partial charge in [0, 0.05) is 49.7 Å². The number of sulfone groups is 1. The molecule has 1 spiro atoms. The van der Waals surface area contributed by atoms with Gasteiger partial charge in [0.1, 0.15) is 12.0 Å². The van der Waals surface area contributed by atoms with Crippen LogP contribution < -0.4 is 9.64 Å². The summed E-state index contributed by atoms with van der Waals surface area (Å²) in [6, 6.07) is 27.9. The van der Waals surface area contributed by atoms with Crippen LogP contribution in [0.5, 0.6) is 5.75 Å². The van der Waals surface area contributed by atoms with Crippen molar-refractivity contribution in [3.8, 4) is 5.75 Å². The Hall–Kier alpha value is -2.67. The molecule has 2 atom stereocenters. The molecular formula is C27H30N2O3S. The Balaban J connectivity index is 1.31. The molecule has 6 heteroatoms. The van der Waals surface area contributed by atoms with Gasteiger partial charge in [-0.1, -0.05) is 48.5 Å². The maximum atomic E-state index is 12.0. The third-order valence-corrected chi connectivity index (χ3v) is 8.05. The predicted octanol–water partition coefficient (Wildman–Crippen LogP) is 4.32. The van der Waals surface area contributed by atoms with Crippen molar-refractivity contribution >= 4 is 15.9 Å². The van der Waals surface area contributed by atoms with Crippen LogP contribution in [0.25, 0.3) is 0 Å². The minimum absolute atomic E-state index is 0.180. The molecule has 0 saturated carbocycles. The third-order valence-electron chi connectivity index (χ3n) is 6.94.